The maximum atomic E-state index is 12.5. The van der Waals surface area contributed by atoms with Crippen LogP contribution in [0.2, 0.25) is 0 Å². The second kappa shape index (κ2) is 10.3. The van der Waals surface area contributed by atoms with Crippen molar-refractivity contribution in [3.8, 4) is 5.75 Å². The number of hydrogen-bond acceptors (Lipinski definition) is 4. The molecule has 5 nitrogen and oxygen atoms in total. The lowest BCUT2D eigenvalue weighted by atomic mass is 9.79. The average molecular weight is 399 g/mol. The summed E-state index contributed by atoms with van der Waals surface area (Å²) in [7, 11) is 1.72. The summed E-state index contributed by atoms with van der Waals surface area (Å²) in [5.74, 6) is 0.632. The van der Waals surface area contributed by atoms with Crippen molar-refractivity contribution in [3.63, 3.8) is 0 Å². The minimum atomic E-state index is -0.531. The molecule has 2 rings (SSSR count). The molecular formula is C21H35ClN2O3. The molecule has 2 N–H and O–H groups in total. The molecule has 1 aliphatic rings. The Bertz CT molecular complexity index is 573. The van der Waals surface area contributed by atoms with Gasteiger partial charge in [-0.15, -0.1) is 12.4 Å². The molecule has 1 fully saturated rings. The molecule has 1 heterocycles. The van der Waals surface area contributed by atoms with Crippen LogP contribution in [0.3, 0.4) is 0 Å². The molecule has 1 aromatic rings. The quantitative estimate of drug-likeness (QED) is 0.739. The standard InChI is InChI=1S/C21H34N2O3.ClH/c1-16(26-18-8-6-17(7-9-18)20(2,3)4)19(24)23-14-21(15-25-5)10-12-22-13-11-21;/h6-9,16,22H,10-15H2,1-5H3,(H,23,24);1H. The van der Waals surface area contributed by atoms with Crippen LogP contribution in [0.5, 0.6) is 5.75 Å². The van der Waals surface area contributed by atoms with Crippen molar-refractivity contribution in [3.05, 3.63) is 29.8 Å². The second-order valence-electron chi connectivity index (χ2n) is 8.44. The van der Waals surface area contributed by atoms with Gasteiger partial charge in [0.1, 0.15) is 5.75 Å². The number of methoxy groups -OCH3 is 1. The first-order chi connectivity index (χ1) is 12.3. The van der Waals surface area contributed by atoms with Gasteiger partial charge in [-0.3, -0.25) is 4.79 Å². The van der Waals surface area contributed by atoms with Crippen LogP contribution in [0.4, 0.5) is 0 Å². The number of rotatable bonds is 7. The van der Waals surface area contributed by atoms with Crippen molar-refractivity contribution < 1.29 is 14.3 Å². The summed E-state index contributed by atoms with van der Waals surface area (Å²) < 4.78 is 11.2. The van der Waals surface area contributed by atoms with Crippen LogP contribution in [-0.4, -0.2) is 45.4 Å². The van der Waals surface area contributed by atoms with E-state index in [1.54, 1.807) is 14.0 Å². The number of carbonyl (C=O) groups is 1. The zero-order valence-corrected chi connectivity index (χ0v) is 18.1. The van der Waals surface area contributed by atoms with E-state index in [-0.39, 0.29) is 29.1 Å². The highest BCUT2D eigenvalue weighted by atomic mass is 35.5. The Morgan fingerprint density at radius 3 is 2.33 bits per heavy atom. The van der Waals surface area contributed by atoms with Gasteiger partial charge in [-0.05, 0) is 56.0 Å². The first-order valence-electron chi connectivity index (χ1n) is 9.50. The Hall–Kier alpha value is -1.30. The van der Waals surface area contributed by atoms with Crippen molar-refractivity contribution >= 4 is 18.3 Å². The third-order valence-electron chi connectivity index (χ3n) is 5.15. The summed E-state index contributed by atoms with van der Waals surface area (Å²) in [6, 6.07) is 7.98. The highest BCUT2D eigenvalue weighted by Crippen LogP contribution is 2.28. The number of carbonyl (C=O) groups excluding carboxylic acids is 1. The Morgan fingerprint density at radius 2 is 1.81 bits per heavy atom. The van der Waals surface area contributed by atoms with E-state index in [1.165, 1.54) is 5.56 Å². The first-order valence-corrected chi connectivity index (χ1v) is 9.50. The molecule has 0 aliphatic carbocycles. The minimum Gasteiger partial charge on any atom is -0.481 e. The van der Waals surface area contributed by atoms with Crippen LogP contribution in [0.15, 0.2) is 24.3 Å². The smallest absolute Gasteiger partial charge is 0.260 e. The molecule has 0 radical (unpaired) electrons. The summed E-state index contributed by atoms with van der Waals surface area (Å²) in [6.07, 6.45) is 1.48. The average Bonchev–Trinajstić information content (AvgIpc) is 2.60. The van der Waals surface area contributed by atoms with Crippen LogP contribution in [-0.2, 0) is 14.9 Å². The molecule has 154 valence electrons. The van der Waals surface area contributed by atoms with E-state index in [0.717, 1.165) is 25.9 Å². The maximum Gasteiger partial charge on any atom is 0.260 e. The largest absolute Gasteiger partial charge is 0.481 e. The Labute approximate surface area is 170 Å². The number of ether oxygens (including phenoxy) is 2. The Morgan fingerprint density at radius 1 is 1.22 bits per heavy atom. The van der Waals surface area contributed by atoms with Gasteiger partial charge < -0.3 is 20.1 Å². The van der Waals surface area contributed by atoms with Gasteiger partial charge in [0.25, 0.3) is 5.91 Å². The molecule has 0 spiro atoms. The van der Waals surface area contributed by atoms with Gasteiger partial charge >= 0.3 is 0 Å². The van der Waals surface area contributed by atoms with Gasteiger partial charge in [0.15, 0.2) is 6.10 Å². The van der Waals surface area contributed by atoms with Crippen LogP contribution < -0.4 is 15.4 Å². The molecule has 1 aromatic carbocycles. The van der Waals surface area contributed by atoms with Gasteiger partial charge in [-0.1, -0.05) is 32.9 Å². The van der Waals surface area contributed by atoms with Crippen molar-refractivity contribution in [2.75, 3.05) is 33.4 Å². The van der Waals surface area contributed by atoms with Crippen molar-refractivity contribution in [1.82, 2.24) is 10.6 Å². The van der Waals surface area contributed by atoms with E-state index in [1.807, 2.05) is 12.1 Å². The fourth-order valence-corrected chi connectivity index (χ4v) is 3.34. The minimum absolute atomic E-state index is 0. The van der Waals surface area contributed by atoms with E-state index in [0.29, 0.717) is 18.9 Å². The van der Waals surface area contributed by atoms with Crippen LogP contribution >= 0.6 is 12.4 Å². The molecule has 1 aliphatic heterocycles. The van der Waals surface area contributed by atoms with E-state index in [4.69, 9.17) is 9.47 Å². The summed E-state index contributed by atoms with van der Waals surface area (Å²) >= 11 is 0. The van der Waals surface area contributed by atoms with Gasteiger partial charge in [-0.25, -0.2) is 0 Å². The normalized spacial score (nSPS) is 17.5. The van der Waals surface area contributed by atoms with Gasteiger partial charge in [0.2, 0.25) is 0 Å². The highest BCUT2D eigenvalue weighted by Gasteiger charge is 2.33. The molecular weight excluding hydrogens is 364 g/mol. The number of halogens is 1. The third kappa shape index (κ3) is 6.98. The van der Waals surface area contributed by atoms with Gasteiger partial charge in [-0.2, -0.15) is 0 Å². The van der Waals surface area contributed by atoms with Gasteiger partial charge in [0.05, 0.1) is 6.61 Å². The third-order valence-corrected chi connectivity index (χ3v) is 5.15. The first kappa shape index (κ1) is 23.7. The zero-order valence-electron chi connectivity index (χ0n) is 17.3. The molecule has 6 heteroatoms. The maximum absolute atomic E-state index is 12.5. The summed E-state index contributed by atoms with van der Waals surface area (Å²) in [6.45, 7) is 11.5. The predicted molar refractivity (Wildman–Crippen MR) is 112 cm³/mol. The van der Waals surface area contributed by atoms with E-state index in [2.05, 4.69) is 43.5 Å². The van der Waals surface area contributed by atoms with Gasteiger partial charge in [0, 0.05) is 19.1 Å². The molecule has 0 saturated carbocycles. The second-order valence-corrected chi connectivity index (χ2v) is 8.44. The summed E-state index contributed by atoms with van der Waals surface area (Å²) in [5, 5.41) is 6.43. The highest BCUT2D eigenvalue weighted by molar-refractivity contribution is 5.85. The fourth-order valence-electron chi connectivity index (χ4n) is 3.34. The molecule has 0 aromatic heterocycles. The Kier molecular flexibility index (Phi) is 9.06. The number of amides is 1. The molecule has 1 amide bonds. The fraction of sp³-hybridized carbons (Fsp3) is 0.667. The molecule has 1 atom stereocenters. The number of benzene rings is 1. The molecule has 1 saturated heterocycles. The topological polar surface area (TPSA) is 59.6 Å². The summed E-state index contributed by atoms with van der Waals surface area (Å²) in [5.41, 5.74) is 1.37. The predicted octanol–water partition coefficient (Wildman–Crippen LogP) is 3.31. The number of nitrogens with one attached hydrogen (secondary N) is 2. The molecule has 1 unspecified atom stereocenters. The monoisotopic (exact) mass is 398 g/mol. The van der Waals surface area contributed by atoms with Crippen molar-refractivity contribution in [2.24, 2.45) is 5.41 Å². The SMILES string of the molecule is COCC1(CNC(=O)C(C)Oc2ccc(C(C)(C)C)cc2)CCNCC1.Cl. The lowest BCUT2D eigenvalue weighted by molar-refractivity contribution is -0.128. The van der Waals surface area contributed by atoms with E-state index in [9.17, 15) is 4.79 Å². The number of hydrogen-bond donors (Lipinski definition) is 2. The van der Waals surface area contributed by atoms with Crippen LogP contribution in [0.25, 0.3) is 0 Å². The van der Waals surface area contributed by atoms with E-state index < -0.39 is 6.10 Å². The lowest BCUT2D eigenvalue weighted by Gasteiger charge is -2.37. The summed E-state index contributed by atoms with van der Waals surface area (Å²) in [4.78, 5) is 12.5. The van der Waals surface area contributed by atoms with E-state index >= 15 is 0 Å². The van der Waals surface area contributed by atoms with Crippen molar-refractivity contribution in [2.45, 2.75) is 52.1 Å². The lowest BCUT2D eigenvalue weighted by Crippen LogP contribution is -2.49. The Balaban J connectivity index is 0.00000364. The molecule has 0 bridgehead atoms. The molecule has 27 heavy (non-hydrogen) atoms. The van der Waals surface area contributed by atoms with Crippen LogP contribution in [0, 0.1) is 5.41 Å². The zero-order chi connectivity index (χ0) is 19.2. The van der Waals surface area contributed by atoms with Crippen LogP contribution in [0.1, 0.15) is 46.1 Å². The number of piperidine rings is 1. The van der Waals surface area contributed by atoms with Crippen molar-refractivity contribution in [1.29, 1.82) is 0 Å².